The summed E-state index contributed by atoms with van der Waals surface area (Å²) < 4.78 is 0. The van der Waals surface area contributed by atoms with Crippen LogP contribution in [0.2, 0.25) is 0 Å². The van der Waals surface area contributed by atoms with E-state index in [-0.39, 0.29) is 18.1 Å². The van der Waals surface area contributed by atoms with Crippen LogP contribution in [0.3, 0.4) is 0 Å². The second-order valence-electron chi connectivity index (χ2n) is 4.69. The highest BCUT2D eigenvalue weighted by Gasteiger charge is 2.30. The molecule has 5 nitrogen and oxygen atoms in total. The van der Waals surface area contributed by atoms with Crippen molar-refractivity contribution in [2.75, 3.05) is 39.3 Å². The summed E-state index contributed by atoms with van der Waals surface area (Å²) in [6, 6.07) is -0.0487. The number of carbonyl (C=O) groups excluding carboxylic acids is 1. The van der Waals surface area contributed by atoms with Crippen molar-refractivity contribution in [3.8, 4) is 0 Å². The Hall–Kier alpha value is -0.650. The molecule has 2 atom stereocenters. The van der Waals surface area contributed by atoms with Crippen molar-refractivity contribution < 1.29 is 9.90 Å². The fourth-order valence-electron chi connectivity index (χ4n) is 2.43. The summed E-state index contributed by atoms with van der Waals surface area (Å²) in [6.45, 7) is 6.97. The molecule has 16 heavy (non-hydrogen) atoms. The van der Waals surface area contributed by atoms with Gasteiger partial charge in [-0.25, -0.2) is 0 Å². The average molecular weight is 227 g/mol. The summed E-state index contributed by atoms with van der Waals surface area (Å²) in [5, 5.41) is 12.7. The van der Waals surface area contributed by atoms with Crippen LogP contribution in [-0.2, 0) is 4.79 Å². The van der Waals surface area contributed by atoms with Crippen LogP contribution in [0.4, 0.5) is 0 Å². The number of piperazine rings is 1. The zero-order valence-corrected chi connectivity index (χ0v) is 9.85. The Kier molecular flexibility index (Phi) is 3.78. The molecule has 2 saturated heterocycles. The maximum absolute atomic E-state index is 12.1. The van der Waals surface area contributed by atoms with E-state index in [0.717, 1.165) is 32.6 Å². The lowest BCUT2D eigenvalue weighted by molar-refractivity contribution is -0.135. The Balaban J connectivity index is 1.88. The number of amides is 1. The molecule has 0 aliphatic carbocycles. The van der Waals surface area contributed by atoms with Gasteiger partial charge in [-0.1, -0.05) is 0 Å². The van der Waals surface area contributed by atoms with Gasteiger partial charge in [0, 0.05) is 39.3 Å². The first-order valence-corrected chi connectivity index (χ1v) is 6.10. The molecule has 2 fully saturated rings. The molecule has 0 radical (unpaired) electrons. The van der Waals surface area contributed by atoms with Crippen LogP contribution in [-0.4, -0.2) is 72.2 Å². The van der Waals surface area contributed by atoms with Gasteiger partial charge >= 0.3 is 0 Å². The molecule has 2 aliphatic heterocycles. The van der Waals surface area contributed by atoms with Gasteiger partial charge in [-0.05, 0) is 13.3 Å². The molecule has 0 aromatic carbocycles. The normalized spacial score (nSPS) is 29.4. The number of hydrogen-bond acceptors (Lipinski definition) is 4. The van der Waals surface area contributed by atoms with Crippen LogP contribution in [0.15, 0.2) is 0 Å². The van der Waals surface area contributed by atoms with E-state index in [1.54, 1.807) is 4.90 Å². The molecule has 2 rings (SSSR count). The van der Waals surface area contributed by atoms with E-state index in [9.17, 15) is 9.90 Å². The van der Waals surface area contributed by atoms with Crippen LogP contribution in [0.5, 0.6) is 0 Å². The third-order valence-corrected chi connectivity index (χ3v) is 3.53. The van der Waals surface area contributed by atoms with Crippen molar-refractivity contribution in [2.24, 2.45) is 0 Å². The monoisotopic (exact) mass is 227 g/mol. The van der Waals surface area contributed by atoms with Gasteiger partial charge in [0.05, 0.1) is 12.1 Å². The van der Waals surface area contributed by atoms with Gasteiger partial charge in [0.1, 0.15) is 0 Å². The van der Waals surface area contributed by atoms with Gasteiger partial charge in [0.15, 0.2) is 0 Å². The molecular weight excluding hydrogens is 206 g/mol. The minimum atomic E-state index is -0.320. The van der Waals surface area contributed by atoms with E-state index >= 15 is 0 Å². The van der Waals surface area contributed by atoms with E-state index < -0.39 is 0 Å². The minimum Gasteiger partial charge on any atom is -0.391 e. The van der Waals surface area contributed by atoms with Crippen molar-refractivity contribution >= 4 is 5.91 Å². The van der Waals surface area contributed by atoms with Gasteiger partial charge in [-0.15, -0.1) is 0 Å². The number of hydrogen-bond donors (Lipinski definition) is 2. The molecule has 92 valence electrons. The molecule has 0 aromatic heterocycles. The van der Waals surface area contributed by atoms with Gasteiger partial charge in [0.2, 0.25) is 5.91 Å². The highest BCUT2D eigenvalue weighted by Crippen LogP contribution is 2.13. The van der Waals surface area contributed by atoms with Crippen LogP contribution in [0.25, 0.3) is 0 Å². The lowest BCUT2D eigenvalue weighted by Gasteiger charge is -2.33. The second kappa shape index (κ2) is 5.12. The first-order valence-electron chi connectivity index (χ1n) is 6.10. The van der Waals surface area contributed by atoms with Crippen LogP contribution in [0.1, 0.15) is 13.3 Å². The Bertz CT molecular complexity index is 254. The number of aliphatic hydroxyl groups is 1. The minimum absolute atomic E-state index is 0.0487. The molecule has 2 heterocycles. The summed E-state index contributed by atoms with van der Waals surface area (Å²) in [5.41, 5.74) is 0. The lowest BCUT2D eigenvalue weighted by Crippen LogP contribution is -2.53. The highest BCUT2D eigenvalue weighted by molar-refractivity contribution is 5.81. The standard InChI is InChI=1S/C11H21N3O2/c1-9(13-6-3-12-4-7-13)11(16)14-5-2-10(15)8-14/h9-10,12,15H,2-8H2,1H3. The third kappa shape index (κ3) is 2.53. The van der Waals surface area contributed by atoms with Gasteiger partial charge < -0.3 is 15.3 Å². The Morgan fingerprint density at radius 1 is 1.38 bits per heavy atom. The number of likely N-dealkylation sites (tertiary alicyclic amines) is 1. The maximum Gasteiger partial charge on any atom is 0.239 e. The lowest BCUT2D eigenvalue weighted by atomic mass is 10.2. The largest absolute Gasteiger partial charge is 0.391 e. The fourth-order valence-corrected chi connectivity index (χ4v) is 2.43. The summed E-state index contributed by atoms with van der Waals surface area (Å²) in [4.78, 5) is 16.1. The van der Waals surface area contributed by atoms with E-state index in [1.165, 1.54) is 0 Å². The fraction of sp³-hybridized carbons (Fsp3) is 0.909. The van der Waals surface area contributed by atoms with E-state index in [4.69, 9.17) is 0 Å². The van der Waals surface area contributed by atoms with Crippen molar-refractivity contribution in [3.63, 3.8) is 0 Å². The molecular formula is C11H21N3O2. The highest BCUT2D eigenvalue weighted by atomic mass is 16.3. The second-order valence-corrected chi connectivity index (χ2v) is 4.69. The summed E-state index contributed by atoms with van der Waals surface area (Å²) in [6.07, 6.45) is 0.402. The smallest absolute Gasteiger partial charge is 0.239 e. The molecule has 0 bridgehead atoms. The van der Waals surface area contributed by atoms with Gasteiger partial charge in [-0.3, -0.25) is 9.69 Å². The maximum atomic E-state index is 12.1. The number of β-amino-alcohol motifs (C(OH)–C–C–N with tert-alkyl or cyclic N) is 1. The Morgan fingerprint density at radius 2 is 2.06 bits per heavy atom. The quantitative estimate of drug-likeness (QED) is 0.627. The van der Waals surface area contributed by atoms with E-state index in [2.05, 4.69) is 10.2 Å². The number of aliphatic hydroxyl groups excluding tert-OH is 1. The Labute approximate surface area is 96.4 Å². The summed E-state index contributed by atoms with van der Waals surface area (Å²) >= 11 is 0. The van der Waals surface area contributed by atoms with Crippen molar-refractivity contribution in [1.82, 2.24) is 15.1 Å². The Morgan fingerprint density at radius 3 is 2.62 bits per heavy atom. The average Bonchev–Trinajstić information content (AvgIpc) is 2.75. The number of nitrogens with one attached hydrogen (secondary N) is 1. The van der Waals surface area contributed by atoms with Crippen molar-refractivity contribution in [3.05, 3.63) is 0 Å². The van der Waals surface area contributed by atoms with Crippen LogP contribution in [0, 0.1) is 0 Å². The molecule has 5 heteroatoms. The van der Waals surface area contributed by atoms with Crippen molar-refractivity contribution in [1.29, 1.82) is 0 Å². The molecule has 1 amide bonds. The first kappa shape index (κ1) is 11.8. The van der Waals surface area contributed by atoms with Gasteiger partial charge in [-0.2, -0.15) is 0 Å². The third-order valence-electron chi connectivity index (χ3n) is 3.53. The summed E-state index contributed by atoms with van der Waals surface area (Å²) in [5.74, 6) is 0.165. The van der Waals surface area contributed by atoms with Crippen LogP contribution >= 0.6 is 0 Å². The SMILES string of the molecule is CC(C(=O)N1CCC(O)C1)N1CCNCC1. The molecule has 0 aromatic rings. The van der Waals surface area contributed by atoms with Crippen molar-refractivity contribution in [2.45, 2.75) is 25.5 Å². The van der Waals surface area contributed by atoms with E-state index in [1.807, 2.05) is 6.92 Å². The number of carbonyl (C=O) groups is 1. The summed E-state index contributed by atoms with van der Waals surface area (Å²) in [7, 11) is 0. The van der Waals surface area contributed by atoms with E-state index in [0.29, 0.717) is 13.1 Å². The molecule has 0 saturated carbocycles. The number of nitrogens with zero attached hydrogens (tertiary/aromatic N) is 2. The predicted octanol–water partition coefficient (Wildman–Crippen LogP) is -1.13. The topological polar surface area (TPSA) is 55.8 Å². The van der Waals surface area contributed by atoms with Gasteiger partial charge in [0.25, 0.3) is 0 Å². The number of rotatable bonds is 2. The zero-order chi connectivity index (χ0) is 11.5. The molecule has 2 aliphatic rings. The predicted molar refractivity (Wildman–Crippen MR) is 61.1 cm³/mol. The first-order chi connectivity index (χ1) is 7.68. The molecule has 0 spiro atoms. The molecule has 2 unspecified atom stereocenters. The zero-order valence-electron chi connectivity index (χ0n) is 9.85. The van der Waals surface area contributed by atoms with Crippen LogP contribution < -0.4 is 5.32 Å². The molecule has 2 N–H and O–H groups in total.